The van der Waals surface area contributed by atoms with Crippen LogP contribution in [0.15, 0.2) is 17.1 Å². The third-order valence-corrected chi connectivity index (χ3v) is 4.85. The maximum atomic E-state index is 14.9. The molecule has 33 heavy (non-hydrogen) atoms. The number of pyridine rings is 2. The molecule has 0 atom stereocenters. The van der Waals surface area contributed by atoms with Crippen LogP contribution >= 0.6 is 0 Å². The van der Waals surface area contributed by atoms with Crippen molar-refractivity contribution in [2.45, 2.75) is 52.3 Å². The molecule has 0 unspecified atom stereocenters. The highest BCUT2D eigenvalue weighted by Crippen LogP contribution is 2.25. The summed E-state index contributed by atoms with van der Waals surface area (Å²) in [6.45, 7) is 7.72. The van der Waals surface area contributed by atoms with E-state index in [1.165, 1.54) is 10.8 Å². The highest BCUT2D eigenvalue weighted by Gasteiger charge is 2.33. The van der Waals surface area contributed by atoms with Gasteiger partial charge in [0.05, 0.1) is 30.5 Å². The number of fused-ring (bicyclic) bond motifs is 1. The van der Waals surface area contributed by atoms with E-state index in [4.69, 9.17) is 14.7 Å². The van der Waals surface area contributed by atoms with Crippen LogP contribution in [-0.4, -0.2) is 53.0 Å². The maximum Gasteiger partial charge on any atom is 0.407 e. The lowest BCUT2D eigenvalue weighted by Gasteiger charge is -2.40. The number of ether oxygens (including phenoxy) is 2. The van der Waals surface area contributed by atoms with Gasteiger partial charge in [0, 0.05) is 25.8 Å². The van der Waals surface area contributed by atoms with Gasteiger partial charge >= 0.3 is 12.1 Å². The van der Waals surface area contributed by atoms with Crippen LogP contribution in [0.2, 0.25) is 0 Å². The van der Waals surface area contributed by atoms with Crippen molar-refractivity contribution in [1.82, 2.24) is 14.9 Å². The van der Waals surface area contributed by atoms with E-state index in [9.17, 15) is 18.8 Å². The average Bonchev–Trinajstić information content (AvgIpc) is 2.69. The Morgan fingerprint density at radius 2 is 2.06 bits per heavy atom. The van der Waals surface area contributed by atoms with Crippen LogP contribution in [-0.2, 0) is 16.0 Å². The zero-order valence-electron chi connectivity index (χ0n) is 19.0. The molecule has 1 aliphatic heterocycles. The van der Waals surface area contributed by atoms with Crippen LogP contribution < -0.4 is 15.6 Å². The van der Waals surface area contributed by atoms with Gasteiger partial charge in [-0.2, -0.15) is 5.26 Å². The number of hydrogen-bond acceptors (Lipinski definition) is 8. The number of aromatic nitrogens is 2. The number of carbonyl (C=O) groups excluding carboxylic acids is 2. The van der Waals surface area contributed by atoms with Gasteiger partial charge in [-0.15, -0.1) is 0 Å². The van der Waals surface area contributed by atoms with E-state index in [1.54, 1.807) is 32.6 Å². The summed E-state index contributed by atoms with van der Waals surface area (Å²) < 4.78 is 26.5. The molecule has 0 aromatic carbocycles. The van der Waals surface area contributed by atoms with Crippen LogP contribution in [0, 0.1) is 17.1 Å². The standard InChI is InChI=1S/C22H26FN5O5/c1-5-32-20(30)15-12-27(8-6-7-24)18-14(17(15)29)9-16(23)19(26-18)28-10-13(11-28)25-21(31)33-22(2,3)4/h9,12-13H,5-6,8,10-11H2,1-4H3,(H,25,31). The van der Waals surface area contributed by atoms with E-state index in [0.29, 0.717) is 13.1 Å². The van der Waals surface area contributed by atoms with Crippen LogP contribution in [0.3, 0.4) is 0 Å². The first-order valence-electron chi connectivity index (χ1n) is 10.6. The van der Waals surface area contributed by atoms with E-state index >= 15 is 0 Å². The van der Waals surface area contributed by atoms with Gasteiger partial charge in [-0.3, -0.25) is 4.79 Å². The summed E-state index contributed by atoms with van der Waals surface area (Å²) in [6.07, 6.45) is 0.827. The van der Waals surface area contributed by atoms with E-state index < -0.39 is 28.9 Å². The van der Waals surface area contributed by atoms with Crippen LogP contribution in [0.25, 0.3) is 11.0 Å². The molecule has 2 aromatic heterocycles. The van der Waals surface area contributed by atoms with Gasteiger partial charge in [0.2, 0.25) is 5.43 Å². The third kappa shape index (κ3) is 5.39. The first-order chi connectivity index (χ1) is 15.5. The molecule has 0 radical (unpaired) electrons. The Morgan fingerprint density at radius 3 is 2.67 bits per heavy atom. The van der Waals surface area contributed by atoms with Gasteiger partial charge in [0.15, 0.2) is 11.6 Å². The number of nitrogens with one attached hydrogen (secondary N) is 1. The zero-order chi connectivity index (χ0) is 24.3. The molecule has 0 saturated carbocycles. The number of rotatable bonds is 6. The lowest BCUT2D eigenvalue weighted by molar-refractivity contribution is 0.0492. The minimum atomic E-state index is -0.821. The fourth-order valence-corrected chi connectivity index (χ4v) is 3.41. The Bertz CT molecular complexity index is 1170. The number of anilines is 1. The van der Waals surface area contributed by atoms with E-state index in [-0.39, 0.29) is 48.0 Å². The van der Waals surface area contributed by atoms with Gasteiger partial charge in [-0.1, -0.05) is 0 Å². The number of nitriles is 1. The molecule has 176 valence electrons. The summed E-state index contributed by atoms with van der Waals surface area (Å²) in [5.41, 5.74) is -1.41. The average molecular weight is 459 g/mol. The quantitative estimate of drug-likeness (QED) is 0.652. The predicted molar refractivity (Wildman–Crippen MR) is 118 cm³/mol. The monoisotopic (exact) mass is 459 g/mol. The molecule has 2 aromatic rings. The zero-order valence-corrected chi connectivity index (χ0v) is 19.0. The molecule has 1 N–H and O–H groups in total. The van der Waals surface area contributed by atoms with Gasteiger partial charge in [-0.25, -0.2) is 19.0 Å². The predicted octanol–water partition coefficient (Wildman–Crippen LogP) is 2.34. The highest BCUT2D eigenvalue weighted by atomic mass is 19.1. The number of hydrogen-bond donors (Lipinski definition) is 1. The number of carbonyl (C=O) groups is 2. The number of aryl methyl sites for hydroxylation is 1. The summed E-state index contributed by atoms with van der Waals surface area (Å²) >= 11 is 0. The smallest absolute Gasteiger partial charge is 0.407 e. The van der Waals surface area contributed by atoms with Crippen LogP contribution in [0.4, 0.5) is 15.0 Å². The topological polar surface area (TPSA) is 127 Å². The first kappa shape index (κ1) is 24.0. The molecule has 3 heterocycles. The fraction of sp³-hybridized carbons (Fsp3) is 0.500. The van der Waals surface area contributed by atoms with Crippen molar-refractivity contribution in [2.24, 2.45) is 0 Å². The summed E-state index contributed by atoms with van der Waals surface area (Å²) in [5.74, 6) is -1.54. The van der Waals surface area contributed by atoms with Crippen molar-refractivity contribution in [2.75, 3.05) is 24.6 Å². The van der Waals surface area contributed by atoms with Crippen molar-refractivity contribution in [3.63, 3.8) is 0 Å². The second-order valence-corrected chi connectivity index (χ2v) is 8.61. The van der Waals surface area contributed by atoms with Crippen molar-refractivity contribution in [3.05, 3.63) is 33.9 Å². The molecule has 0 bridgehead atoms. The minimum absolute atomic E-state index is 0.0127. The Morgan fingerprint density at radius 1 is 1.36 bits per heavy atom. The number of alkyl carbamates (subject to hydrolysis) is 1. The first-order valence-corrected chi connectivity index (χ1v) is 10.6. The molecule has 1 fully saturated rings. The van der Waals surface area contributed by atoms with Crippen molar-refractivity contribution in [3.8, 4) is 6.07 Å². The van der Waals surface area contributed by atoms with E-state index in [1.807, 2.05) is 6.07 Å². The largest absolute Gasteiger partial charge is 0.462 e. The second kappa shape index (κ2) is 9.44. The van der Waals surface area contributed by atoms with Gasteiger partial charge in [0.1, 0.15) is 16.8 Å². The molecular weight excluding hydrogens is 433 g/mol. The Labute approximate surface area is 189 Å². The summed E-state index contributed by atoms with van der Waals surface area (Å²) in [4.78, 5) is 42.9. The summed E-state index contributed by atoms with van der Waals surface area (Å²) in [5, 5.41) is 11.6. The van der Waals surface area contributed by atoms with Crippen LogP contribution in [0.5, 0.6) is 0 Å². The van der Waals surface area contributed by atoms with Crippen molar-refractivity contribution >= 4 is 28.9 Å². The van der Waals surface area contributed by atoms with Gasteiger partial charge < -0.3 is 24.3 Å². The SMILES string of the molecule is CCOC(=O)c1cn(CCC#N)c2nc(N3CC(NC(=O)OC(C)(C)C)C3)c(F)cc2c1=O. The maximum absolute atomic E-state index is 14.9. The molecule has 1 saturated heterocycles. The molecule has 0 spiro atoms. The van der Waals surface area contributed by atoms with Crippen LogP contribution in [0.1, 0.15) is 44.5 Å². The van der Waals surface area contributed by atoms with Crippen molar-refractivity contribution in [1.29, 1.82) is 5.26 Å². The second-order valence-electron chi connectivity index (χ2n) is 8.61. The van der Waals surface area contributed by atoms with Gasteiger partial charge in [0.25, 0.3) is 0 Å². The van der Waals surface area contributed by atoms with Crippen molar-refractivity contribution < 1.29 is 23.5 Å². The molecule has 0 aliphatic carbocycles. The molecule has 1 amide bonds. The number of nitrogens with zero attached hydrogens (tertiary/aromatic N) is 4. The fourth-order valence-electron chi connectivity index (χ4n) is 3.41. The Hall–Kier alpha value is -3.68. The molecule has 1 aliphatic rings. The highest BCUT2D eigenvalue weighted by molar-refractivity contribution is 5.93. The summed E-state index contributed by atoms with van der Waals surface area (Å²) in [6, 6.07) is 2.80. The van der Waals surface area contributed by atoms with E-state index in [2.05, 4.69) is 10.3 Å². The Kier molecular flexibility index (Phi) is 6.86. The van der Waals surface area contributed by atoms with E-state index in [0.717, 1.165) is 6.07 Å². The molecular formula is C22H26FN5O5. The number of esters is 1. The third-order valence-electron chi connectivity index (χ3n) is 4.85. The molecule has 10 nitrogen and oxygen atoms in total. The molecule has 11 heteroatoms. The Balaban J connectivity index is 1.90. The number of amides is 1. The lowest BCUT2D eigenvalue weighted by Crippen LogP contribution is -2.60. The van der Waals surface area contributed by atoms with Gasteiger partial charge in [-0.05, 0) is 33.8 Å². The molecule has 3 rings (SSSR count). The number of halogens is 1. The lowest BCUT2D eigenvalue weighted by atomic mass is 10.1. The normalized spacial score (nSPS) is 13.9. The minimum Gasteiger partial charge on any atom is -0.462 e. The summed E-state index contributed by atoms with van der Waals surface area (Å²) in [7, 11) is 0.